The first-order chi connectivity index (χ1) is 14.3. The minimum atomic E-state index is -0.234. The van der Waals surface area contributed by atoms with E-state index in [4.69, 9.17) is 0 Å². The number of nitrogens with one attached hydrogen (secondary N) is 2. The van der Waals surface area contributed by atoms with E-state index in [0.717, 1.165) is 33.9 Å². The van der Waals surface area contributed by atoms with Crippen LogP contribution in [0.2, 0.25) is 0 Å². The molecule has 7 heteroatoms. The van der Waals surface area contributed by atoms with Crippen LogP contribution >= 0.6 is 11.3 Å². The number of thiazole rings is 1. The Kier molecular flexibility index (Phi) is 4.18. The van der Waals surface area contributed by atoms with Crippen molar-refractivity contribution in [2.75, 3.05) is 5.32 Å². The Hall–Kier alpha value is -3.19. The van der Waals surface area contributed by atoms with Gasteiger partial charge in [-0.05, 0) is 36.5 Å². The molecule has 1 aliphatic carbocycles. The summed E-state index contributed by atoms with van der Waals surface area (Å²) < 4.78 is 1.99. The van der Waals surface area contributed by atoms with Crippen molar-refractivity contribution in [2.45, 2.75) is 33.6 Å². The molecule has 0 fully saturated rings. The molecule has 0 unspecified atom stereocenters. The number of Topliss-reactive ketones (excluding diaryl/α,β-unsaturated/α-hetero) is 1. The van der Waals surface area contributed by atoms with Gasteiger partial charge >= 0.3 is 0 Å². The number of ketones is 1. The maximum Gasteiger partial charge on any atom is 0.272 e. The second kappa shape index (κ2) is 6.67. The first kappa shape index (κ1) is 18.8. The van der Waals surface area contributed by atoms with Crippen LogP contribution in [-0.2, 0) is 6.42 Å². The first-order valence-corrected chi connectivity index (χ1v) is 10.8. The Bertz CT molecular complexity index is 1260. The van der Waals surface area contributed by atoms with Crippen LogP contribution in [-0.4, -0.2) is 26.1 Å². The quantitative estimate of drug-likeness (QED) is 0.485. The van der Waals surface area contributed by atoms with E-state index < -0.39 is 0 Å². The Morgan fingerprint density at radius 1 is 1.23 bits per heavy atom. The van der Waals surface area contributed by atoms with E-state index >= 15 is 0 Å². The van der Waals surface area contributed by atoms with Gasteiger partial charge in [0.1, 0.15) is 5.69 Å². The minimum absolute atomic E-state index is 0.0907. The number of hydrogen-bond acceptors (Lipinski definition) is 4. The van der Waals surface area contributed by atoms with Gasteiger partial charge in [-0.15, -0.1) is 11.3 Å². The molecule has 1 aromatic carbocycles. The monoisotopic (exact) mass is 418 g/mol. The number of nitrogens with zero attached hydrogens (tertiary/aromatic N) is 2. The van der Waals surface area contributed by atoms with Gasteiger partial charge in [-0.1, -0.05) is 26.0 Å². The fourth-order valence-electron chi connectivity index (χ4n) is 4.24. The van der Waals surface area contributed by atoms with Crippen molar-refractivity contribution in [2.24, 2.45) is 5.41 Å². The molecule has 0 bridgehead atoms. The summed E-state index contributed by atoms with van der Waals surface area (Å²) in [6.07, 6.45) is 5.24. The maximum absolute atomic E-state index is 12.9. The van der Waals surface area contributed by atoms with Crippen molar-refractivity contribution >= 4 is 33.7 Å². The van der Waals surface area contributed by atoms with Crippen LogP contribution in [0, 0.1) is 12.3 Å². The molecule has 0 atom stereocenters. The van der Waals surface area contributed by atoms with Crippen molar-refractivity contribution in [1.82, 2.24) is 14.4 Å². The number of rotatable bonds is 3. The van der Waals surface area contributed by atoms with Gasteiger partial charge in [-0.3, -0.25) is 14.0 Å². The predicted octanol–water partition coefficient (Wildman–Crippen LogP) is 5.11. The van der Waals surface area contributed by atoms with Crippen molar-refractivity contribution in [1.29, 1.82) is 0 Å². The van der Waals surface area contributed by atoms with Crippen molar-refractivity contribution in [3.63, 3.8) is 0 Å². The molecule has 1 amide bonds. The number of H-pyrrole nitrogens is 1. The van der Waals surface area contributed by atoms with Crippen LogP contribution < -0.4 is 5.32 Å². The molecule has 6 nitrogen and oxygen atoms in total. The van der Waals surface area contributed by atoms with E-state index in [1.54, 1.807) is 11.3 Å². The molecule has 0 saturated heterocycles. The number of benzene rings is 1. The lowest BCUT2D eigenvalue weighted by atomic mass is 9.75. The lowest BCUT2D eigenvalue weighted by molar-refractivity contribution is 0.0910. The highest BCUT2D eigenvalue weighted by atomic mass is 32.1. The number of hydrogen-bond donors (Lipinski definition) is 2. The second-order valence-corrected chi connectivity index (χ2v) is 9.54. The molecule has 3 aromatic heterocycles. The number of fused-ring (bicyclic) bond motifs is 2. The minimum Gasteiger partial charge on any atom is -0.354 e. The molecule has 152 valence electrons. The van der Waals surface area contributed by atoms with Crippen LogP contribution in [0.4, 0.5) is 5.69 Å². The molecule has 0 aliphatic heterocycles. The summed E-state index contributed by atoms with van der Waals surface area (Å²) in [6.45, 7) is 6.00. The number of carbonyl (C=O) groups excluding carboxylic acids is 2. The zero-order valence-corrected chi connectivity index (χ0v) is 17.9. The van der Waals surface area contributed by atoms with Gasteiger partial charge in [0.05, 0.1) is 5.69 Å². The summed E-state index contributed by atoms with van der Waals surface area (Å²) in [5, 5.41) is 4.94. The summed E-state index contributed by atoms with van der Waals surface area (Å²) in [5.74, 6) is -0.124. The average molecular weight is 419 g/mol. The molecule has 30 heavy (non-hydrogen) atoms. The van der Waals surface area contributed by atoms with Gasteiger partial charge < -0.3 is 10.3 Å². The average Bonchev–Trinajstić information content (AvgIpc) is 3.34. The molecule has 3 heterocycles. The molecule has 5 rings (SSSR count). The Morgan fingerprint density at radius 2 is 2.00 bits per heavy atom. The summed E-state index contributed by atoms with van der Waals surface area (Å²) in [6, 6.07) is 7.63. The van der Waals surface area contributed by atoms with E-state index in [-0.39, 0.29) is 17.1 Å². The number of anilines is 1. The van der Waals surface area contributed by atoms with Crippen LogP contribution in [0.5, 0.6) is 0 Å². The molecule has 0 spiro atoms. The highest BCUT2D eigenvalue weighted by Crippen LogP contribution is 2.36. The molecule has 0 radical (unpaired) electrons. The van der Waals surface area contributed by atoms with Gasteiger partial charge in [0.2, 0.25) is 0 Å². The van der Waals surface area contributed by atoms with Gasteiger partial charge in [0, 0.05) is 46.7 Å². The van der Waals surface area contributed by atoms with Gasteiger partial charge in [0.25, 0.3) is 5.91 Å². The largest absolute Gasteiger partial charge is 0.354 e. The van der Waals surface area contributed by atoms with E-state index in [1.165, 1.54) is 0 Å². The van der Waals surface area contributed by atoms with E-state index in [9.17, 15) is 9.59 Å². The summed E-state index contributed by atoms with van der Waals surface area (Å²) >= 11 is 1.59. The predicted molar refractivity (Wildman–Crippen MR) is 118 cm³/mol. The van der Waals surface area contributed by atoms with Crippen LogP contribution in [0.15, 0.2) is 42.0 Å². The highest BCUT2D eigenvalue weighted by Gasteiger charge is 2.35. The number of carbonyl (C=O) groups is 2. The smallest absolute Gasteiger partial charge is 0.272 e. The molecule has 1 aliphatic rings. The number of aromatic amines is 1. The second-order valence-electron chi connectivity index (χ2n) is 8.67. The molecule has 2 N–H and O–H groups in total. The maximum atomic E-state index is 12.9. The third kappa shape index (κ3) is 3.15. The number of imidazole rings is 1. The lowest BCUT2D eigenvalue weighted by Gasteiger charge is -2.28. The SMILES string of the molecule is Cc1c(C(=O)Nc2ccc(-c3cn4ccsc4n3)cc2)[nH]c2c1C(=O)CC(C)(C)C2. The molecular formula is C23H22N4O2S. The Balaban J connectivity index is 1.37. The third-order valence-corrected chi connectivity index (χ3v) is 6.43. The first-order valence-electron chi connectivity index (χ1n) is 9.89. The van der Waals surface area contributed by atoms with E-state index in [2.05, 4.69) is 29.1 Å². The Morgan fingerprint density at radius 3 is 2.73 bits per heavy atom. The normalized spacial score (nSPS) is 15.4. The molecule has 4 aromatic rings. The summed E-state index contributed by atoms with van der Waals surface area (Å²) in [4.78, 5) is 34.2. The summed E-state index contributed by atoms with van der Waals surface area (Å²) in [7, 11) is 0. The van der Waals surface area contributed by atoms with E-state index in [0.29, 0.717) is 23.4 Å². The fraction of sp³-hybridized carbons (Fsp3) is 0.261. The van der Waals surface area contributed by atoms with Crippen molar-refractivity contribution in [3.05, 3.63) is 64.6 Å². The summed E-state index contributed by atoms with van der Waals surface area (Å²) in [5.41, 5.74) is 5.25. The van der Waals surface area contributed by atoms with Crippen molar-refractivity contribution in [3.8, 4) is 11.3 Å². The van der Waals surface area contributed by atoms with Gasteiger partial charge in [-0.25, -0.2) is 4.98 Å². The molecule has 0 saturated carbocycles. The Labute approximate surface area is 178 Å². The van der Waals surface area contributed by atoms with Crippen molar-refractivity contribution < 1.29 is 9.59 Å². The van der Waals surface area contributed by atoms with E-state index in [1.807, 2.05) is 53.4 Å². The standard InChI is InChI=1S/C23H22N4O2S/c1-13-19-16(10-23(2,3)11-18(19)28)25-20(13)21(29)24-15-6-4-14(5-7-15)17-12-27-8-9-30-22(27)26-17/h4-9,12,25H,10-11H2,1-3H3,(H,24,29). The lowest BCUT2D eigenvalue weighted by Crippen LogP contribution is -2.26. The number of aromatic nitrogens is 3. The number of amides is 1. The van der Waals surface area contributed by atoms with Crippen LogP contribution in [0.3, 0.4) is 0 Å². The van der Waals surface area contributed by atoms with Crippen LogP contribution in [0.1, 0.15) is 52.4 Å². The topological polar surface area (TPSA) is 79.3 Å². The van der Waals surface area contributed by atoms with Crippen LogP contribution in [0.25, 0.3) is 16.2 Å². The van der Waals surface area contributed by atoms with Gasteiger partial charge in [-0.2, -0.15) is 0 Å². The molecular weight excluding hydrogens is 396 g/mol. The fourth-order valence-corrected chi connectivity index (χ4v) is 4.94. The highest BCUT2D eigenvalue weighted by molar-refractivity contribution is 7.15. The third-order valence-electron chi connectivity index (χ3n) is 5.66. The zero-order chi connectivity index (χ0) is 21.0. The zero-order valence-electron chi connectivity index (χ0n) is 17.1. The van der Waals surface area contributed by atoms with Gasteiger partial charge in [0.15, 0.2) is 10.7 Å².